The van der Waals surface area contributed by atoms with Crippen LogP contribution in [0.25, 0.3) is 0 Å². The van der Waals surface area contributed by atoms with Gasteiger partial charge in [-0.25, -0.2) is 4.79 Å². The predicted molar refractivity (Wildman–Crippen MR) is 64.1 cm³/mol. The molecule has 0 aliphatic heterocycles. The smallest absolute Gasteiger partial charge is 0.317 e. The van der Waals surface area contributed by atoms with Crippen LogP contribution in [0.1, 0.15) is 27.7 Å². The Morgan fingerprint density at radius 2 is 1.88 bits per heavy atom. The fourth-order valence-electron chi connectivity index (χ4n) is 1.28. The van der Waals surface area contributed by atoms with E-state index in [-0.39, 0.29) is 11.8 Å². The summed E-state index contributed by atoms with van der Waals surface area (Å²) in [6, 6.07) is -0.701. The molecule has 0 radical (unpaired) electrons. The van der Waals surface area contributed by atoms with Crippen LogP contribution >= 0.6 is 0 Å². The van der Waals surface area contributed by atoms with E-state index in [1.807, 2.05) is 20.8 Å². The second-order valence-electron chi connectivity index (χ2n) is 4.92. The van der Waals surface area contributed by atoms with Crippen LogP contribution in [0.4, 0.5) is 4.79 Å². The first-order chi connectivity index (χ1) is 7.21. The maximum Gasteiger partial charge on any atom is 0.317 e. The maximum absolute atomic E-state index is 11.9. The largest absolute Gasteiger partial charge is 0.337 e. The molecule has 5 heteroatoms. The number of rotatable bonds is 4. The van der Waals surface area contributed by atoms with Gasteiger partial charge >= 0.3 is 6.03 Å². The Labute approximate surface area is 97.4 Å². The number of nitrogens with one attached hydrogen (secondary N) is 1. The summed E-state index contributed by atoms with van der Waals surface area (Å²) in [4.78, 5) is 24.9. The van der Waals surface area contributed by atoms with Crippen LogP contribution in [0, 0.1) is 5.41 Å². The standard InChI is InChI=1S/C11H23N3O2/c1-8(9(15)11(2,3)4)14(5)10(16)13-7-6-12/h8H,6-7,12H2,1-5H3,(H,13,16). The van der Waals surface area contributed by atoms with Crippen molar-refractivity contribution in [1.29, 1.82) is 0 Å². The normalized spacial score (nSPS) is 13.1. The number of nitrogens with zero attached hydrogens (tertiary/aromatic N) is 1. The van der Waals surface area contributed by atoms with Crippen LogP contribution in [0.3, 0.4) is 0 Å². The minimum atomic E-state index is -0.443. The van der Waals surface area contributed by atoms with Gasteiger partial charge in [0.1, 0.15) is 0 Å². The number of hydrogen-bond acceptors (Lipinski definition) is 3. The molecule has 0 fully saturated rings. The summed E-state index contributed by atoms with van der Waals surface area (Å²) in [7, 11) is 1.61. The van der Waals surface area contributed by atoms with Gasteiger partial charge in [0.2, 0.25) is 0 Å². The minimum absolute atomic E-state index is 0.0397. The number of hydrogen-bond donors (Lipinski definition) is 2. The summed E-state index contributed by atoms with van der Waals surface area (Å²) in [5, 5.41) is 2.63. The third-order valence-corrected chi connectivity index (χ3v) is 2.44. The minimum Gasteiger partial charge on any atom is -0.337 e. The molecule has 0 spiro atoms. The molecule has 0 aliphatic rings. The average molecular weight is 229 g/mol. The summed E-state index contributed by atoms with van der Waals surface area (Å²) in [6.07, 6.45) is 0. The first-order valence-corrected chi connectivity index (χ1v) is 5.47. The Kier molecular flexibility index (Phi) is 5.44. The third-order valence-electron chi connectivity index (χ3n) is 2.44. The summed E-state index contributed by atoms with van der Waals surface area (Å²) >= 11 is 0. The molecule has 3 N–H and O–H groups in total. The number of Topliss-reactive ketones (excluding diaryl/α,β-unsaturated/α-hetero) is 1. The molecule has 1 unspecified atom stereocenters. The predicted octanol–water partition coefficient (Wildman–Crippen LogP) is 0.590. The number of carbonyl (C=O) groups excluding carboxylic acids is 2. The van der Waals surface area contributed by atoms with Crippen molar-refractivity contribution in [3.8, 4) is 0 Å². The fourth-order valence-corrected chi connectivity index (χ4v) is 1.28. The van der Waals surface area contributed by atoms with Crippen molar-refractivity contribution in [2.75, 3.05) is 20.1 Å². The lowest BCUT2D eigenvalue weighted by molar-refractivity contribution is -0.130. The second kappa shape index (κ2) is 5.84. The number of amides is 2. The molecule has 0 aromatic rings. The van der Waals surface area contributed by atoms with E-state index in [4.69, 9.17) is 5.73 Å². The molecule has 0 rings (SSSR count). The van der Waals surface area contributed by atoms with Gasteiger partial charge in [0.25, 0.3) is 0 Å². The van der Waals surface area contributed by atoms with Crippen molar-refractivity contribution in [2.45, 2.75) is 33.7 Å². The SMILES string of the molecule is CC(C(=O)C(C)(C)C)N(C)C(=O)NCCN. The van der Waals surface area contributed by atoms with E-state index in [1.54, 1.807) is 14.0 Å². The highest BCUT2D eigenvalue weighted by Gasteiger charge is 2.30. The lowest BCUT2D eigenvalue weighted by Gasteiger charge is -2.29. The summed E-state index contributed by atoms with van der Waals surface area (Å²) < 4.78 is 0. The fraction of sp³-hybridized carbons (Fsp3) is 0.818. The second-order valence-corrected chi connectivity index (χ2v) is 4.92. The molecule has 0 heterocycles. The molecular weight excluding hydrogens is 206 g/mol. The van der Waals surface area contributed by atoms with Gasteiger partial charge in [0, 0.05) is 25.6 Å². The van der Waals surface area contributed by atoms with Crippen molar-refractivity contribution < 1.29 is 9.59 Å². The number of ketones is 1. The highest BCUT2D eigenvalue weighted by molar-refractivity contribution is 5.91. The highest BCUT2D eigenvalue weighted by Crippen LogP contribution is 2.18. The Morgan fingerprint density at radius 1 is 1.38 bits per heavy atom. The van der Waals surface area contributed by atoms with Crippen LogP contribution in [0.2, 0.25) is 0 Å². The van der Waals surface area contributed by atoms with Gasteiger partial charge in [-0.15, -0.1) is 0 Å². The Morgan fingerprint density at radius 3 is 2.25 bits per heavy atom. The van der Waals surface area contributed by atoms with Crippen molar-refractivity contribution in [3.05, 3.63) is 0 Å². The summed E-state index contributed by atoms with van der Waals surface area (Å²) in [5.74, 6) is 0.0397. The molecule has 0 saturated heterocycles. The van der Waals surface area contributed by atoms with Crippen LogP contribution in [-0.2, 0) is 4.79 Å². The van der Waals surface area contributed by atoms with Gasteiger partial charge in [-0.05, 0) is 6.92 Å². The molecular formula is C11H23N3O2. The van der Waals surface area contributed by atoms with E-state index in [0.717, 1.165) is 0 Å². The van der Waals surface area contributed by atoms with E-state index >= 15 is 0 Å². The monoisotopic (exact) mass is 229 g/mol. The zero-order valence-corrected chi connectivity index (χ0v) is 10.8. The lowest BCUT2D eigenvalue weighted by Crippen LogP contribution is -2.49. The molecule has 5 nitrogen and oxygen atoms in total. The van der Waals surface area contributed by atoms with E-state index in [2.05, 4.69) is 5.32 Å². The maximum atomic E-state index is 11.9. The lowest BCUT2D eigenvalue weighted by atomic mass is 9.86. The quantitative estimate of drug-likeness (QED) is 0.741. The number of nitrogens with two attached hydrogens (primary N) is 1. The van der Waals surface area contributed by atoms with Crippen molar-refractivity contribution in [1.82, 2.24) is 10.2 Å². The van der Waals surface area contributed by atoms with Gasteiger partial charge < -0.3 is 16.0 Å². The molecule has 16 heavy (non-hydrogen) atoms. The molecule has 0 bridgehead atoms. The van der Waals surface area contributed by atoms with Gasteiger partial charge in [-0.1, -0.05) is 20.8 Å². The van der Waals surface area contributed by atoms with Gasteiger partial charge in [0.15, 0.2) is 5.78 Å². The zero-order valence-electron chi connectivity index (χ0n) is 10.8. The Balaban J connectivity index is 4.44. The number of carbonyl (C=O) groups is 2. The average Bonchev–Trinajstić information content (AvgIpc) is 2.21. The van der Waals surface area contributed by atoms with Crippen molar-refractivity contribution in [2.24, 2.45) is 11.1 Å². The van der Waals surface area contributed by atoms with Crippen LogP contribution < -0.4 is 11.1 Å². The molecule has 0 aliphatic carbocycles. The van der Waals surface area contributed by atoms with Gasteiger partial charge in [-0.3, -0.25) is 4.79 Å². The molecule has 94 valence electrons. The van der Waals surface area contributed by atoms with Crippen LogP contribution in [0.5, 0.6) is 0 Å². The summed E-state index contributed by atoms with van der Waals surface area (Å²) in [5.41, 5.74) is 4.84. The Bertz CT molecular complexity index is 258. The van der Waals surface area contributed by atoms with E-state index in [9.17, 15) is 9.59 Å². The van der Waals surface area contributed by atoms with E-state index < -0.39 is 11.5 Å². The third kappa shape index (κ3) is 4.18. The summed E-state index contributed by atoms with van der Waals surface area (Å²) in [6.45, 7) is 8.07. The molecule has 0 aromatic carbocycles. The first-order valence-electron chi connectivity index (χ1n) is 5.47. The highest BCUT2D eigenvalue weighted by atomic mass is 16.2. The zero-order chi connectivity index (χ0) is 12.9. The van der Waals surface area contributed by atoms with Crippen LogP contribution in [0.15, 0.2) is 0 Å². The van der Waals surface area contributed by atoms with E-state index in [1.165, 1.54) is 4.90 Å². The number of urea groups is 1. The topological polar surface area (TPSA) is 75.4 Å². The van der Waals surface area contributed by atoms with Gasteiger partial charge in [-0.2, -0.15) is 0 Å². The molecule has 0 aromatic heterocycles. The molecule has 1 atom stereocenters. The Hall–Kier alpha value is -1.10. The number of likely N-dealkylation sites (N-methyl/N-ethyl adjacent to an activating group) is 1. The molecule has 0 saturated carbocycles. The van der Waals surface area contributed by atoms with Crippen LogP contribution in [-0.4, -0.2) is 42.9 Å². The van der Waals surface area contributed by atoms with Gasteiger partial charge in [0.05, 0.1) is 6.04 Å². The van der Waals surface area contributed by atoms with E-state index in [0.29, 0.717) is 13.1 Å². The van der Waals surface area contributed by atoms with Crippen molar-refractivity contribution in [3.63, 3.8) is 0 Å². The first kappa shape index (κ1) is 14.9. The van der Waals surface area contributed by atoms with Crippen molar-refractivity contribution >= 4 is 11.8 Å². The molecule has 2 amide bonds.